The molecule has 0 amide bonds. The van der Waals surface area contributed by atoms with Crippen LogP contribution in [-0.2, 0) is 0 Å². The van der Waals surface area contributed by atoms with Crippen molar-refractivity contribution in [2.45, 2.75) is 13.0 Å². The summed E-state index contributed by atoms with van der Waals surface area (Å²) in [6.07, 6.45) is 5.54. The van der Waals surface area contributed by atoms with Crippen LogP contribution in [0.15, 0.2) is 71.6 Å². The van der Waals surface area contributed by atoms with Crippen LogP contribution in [-0.4, -0.2) is 9.97 Å². The van der Waals surface area contributed by atoms with Crippen molar-refractivity contribution in [3.8, 4) is 0 Å². The largest absolute Gasteiger partial charge is 0.467 e. The molecule has 0 radical (unpaired) electrons. The summed E-state index contributed by atoms with van der Waals surface area (Å²) in [6, 6.07) is 16.1. The van der Waals surface area contributed by atoms with Crippen molar-refractivity contribution in [1.82, 2.24) is 9.97 Å². The van der Waals surface area contributed by atoms with Gasteiger partial charge in [-0.1, -0.05) is 18.2 Å². The number of anilines is 1. The highest BCUT2D eigenvalue weighted by Crippen LogP contribution is 2.31. The molecule has 23 heavy (non-hydrogen) atoms. The molecule has 0 aliphatic heterocycles. The lowest BCUT2D eigenvalue weighted by atomic mass is 10.0. The molecule has 0 saturated carbocycles. The van der Waals surface area contributed by atoms with Crippen molar-refractivity contribution in [3.05, 3.63) is 84.1 Å². The maximum absolute atomic E-state index is 5.67. The van der Waals surface area contributed by atoms with Crippen LogP contribution >= 0.6 is 0 Å². The number of H-pyrrole nitrogens is 1. The Kier molecular flexibility index (Phi) is 3.35. The standard InChI is InChI=1S/C19H17N3O/c1-13-8-9-20-18(11-13)22-19(17-7-4-10-23-17)15-12-21-16-6-3-2-5-14(15)16/h2-12,19,21H,1H3,(H,20,22). The highest BCUT2D eigenvalue weighted by molar-refractivity contribution is 5.84. The van der Waals surface area contributed by atoms with Crippen molar-refractivity contribution in [2.75, 3.05) is 5.32 Å². The van der Waals surface area contributed by atoms with Crippen molar-refractivity contribution < 1.29 is 4.42 Å². The van der Waals surface area contributed by atoms with Gasteiger partial charge in [-0.25, -0.2) is 4.98 Å². The van der Waals surface area contributed by atoms with Gasteiger partial charge in [0.25, 0.3) is 0 Å². The number of aromatic amines is 1. The van der Waals surface area contributed by atoms with Gasteiger partial charge in [-0.05, 0) is 42.8 Å². The highest BCUT2D eigenvalue weighted by Gasteiger charge is 2.20. The topological polar surface area (TPSA) is 53.9 Å². The molecule has 4 heteroatoms. The predicted octanol–water partition coefficient (Wildman–Crippen LogP) is 4.67. The Morgan fingerprint density at radius 2 is 2.04 bits per heavy atom. The van der Waals surface area contributed by atoms with Gasteiger partial charge >= 0.3 is 0 Å². The maximum atomic E-state index is 5.67. The molecular formula is C19H17N3O. The van der Waals surface area contributed by atoms with Crippen molar-refractivity contribution in [3.63, 3.8) is 0 Å². The van der Waals surface area contributed by atoms with Crippen molar-refractivity contribution in [2.24, 2.45) is 0 Å². The second kappa shape index (κ2) is 5.65. The summed E-state index contributed by atoms with van der Waals surface area (Å²) in [5.41, 5.74) is 3.41. The first-order valence-electron chi connectivity index (χ1n) is 7.60. The number of hydrogen-bond donors (Lipinski definition) is 2. The van der Waals surface area contributed by atoms with Crippen LogP contribution in [0.5, 0.6) is 0 Å². The highest BCUT2D eigenvalue weighted by atomic mass is 16.3. The van der Waals surface area contributed by atoms with Crippen LogP contribution in [0.3, 0.4) is 0 Å². The average molecular weight is 303 g/mol. The fourth-order valence-corrected chi connectivity index (χ4v) is 2.85. The van der Waals surface area contributed by atoms with E-state index in [9.17, 15) is 0 Å². The number of nitrogens with zero attached hydrogens (tertiary/aromatic N) is 1. The summed E-state index contributed by atoms with van der Waals surface area (Å²) in [6.45, 7) is 2.06. The summed E-state index contributed by atoms with van der Waals surface area (Å²) < 4.78 is 5.67. The fourth-order valence-electron chi connectivity index (χ4n) is 2.85. The summed E-state index contributed by atoms with van der Waals surface area (Å²) >= 11 is 0. The Labute approximate surface area is 134 Å². The molecule has 0 aliphatic rings. The number of aromatic nitrogens is 2. The lowest BCUT2D eigenvalue weighted by Gasteiger charge is -2.17. The van der Waals surface area contributed by atoms with Crippen LogP contribution in [0.4, 0.5) is 5.82 Å². The third kappa shape index (κ3) is 2.59. The summed E-state index contributed by atoms with van der Waals surface area (Å²) in [4.78, 5) is 7.74. The van der Waals surface area contributed by atoms with Gasteiger partial charge < -0.3 is 14.7 Å². The normalized spacial score (nSPS) is 12.4. The molecule has 4 aromatic rings. The van der Waals surface area contributed by atoms with Gasteiger partial charge in [0, 0.05) is 28.9 Å². The molecular weight excluding hydrogens is 286 g/mol. The van der Waals surface area contributed by atoms with Gasteiger partial charge in [0.05, 0.1) is 6.26 Å². The molecule has 0 spiro atoms. The molecule has 0 bridgehead atoms. The van der Waals surface area contributed by atoms with Crippen LogP contribution in [0.1, 0.15) is 22.9 Å². The minimum absolute atomic E-state index is 0.101. The number of rotatable bonds is 4. The number of hydrogen-bond acceptors (Lipinski definition) is 3. The van der Waals surface area contributed by atoms with E-state index in [0.29, 0.717) is 0 Å². The number of aryl methyl sites for hydroxylation is 1. The van der Waals surface area contributed by atoms with Gasteiger partial charge in [-0.3, -0.25) is 0 Å². The molecule has 114 valence electrons. The minimum Gasteiger partial charge on any atom is -0.467 e. The maximum Gasteiger partial charge on any atom is 0.130 e. The van der Waals surface area contributed by atoms with Gasteiger partial charge in [-0.15, -0.1) is 0 Å². The Balaban J connectivity index is 1.80. The van der Waals surface area contributed by atoms with Crippen LogP contribution in [0, 0.1) is 6.92 Å². The van der Waals surface area contributed by atoms with E-state index in [1.807, 2.05) is 48.8 Å². The molecule has 2 N–H and O–H groups in total. The van der Waals surface area contributed by atoms with E-state index in [1.54, 1.807) is 6.26 Å². The Morgan fingerprint density at radius 1 is 1.13 bits per heavy atom. The minimum atomic E-state index is -0.101. The number of pyridine rings is 1. The molecule has 0 fully saturated rings. The molecule has 1 atom stereocenters. The zero-order chi connectivity index (χ0) is 15.6. The molecule has 1 unspecified atom stereocenters. The predicted molar refractivity (Wildman–Crippen MR) is 91.4 cm³/mol. The number of para-hydroxylation sites is 1. The summed E-state index contributed by atoms with van der Waals surface area (Å²) in [5, 5.41) is 4.67. The number of furan rings is 1. The molecule has 4 nitrogen and oxygen atoms in total. The molecule has 3 aromatic heterocycles. The first-order valence-corrected chi connectivity index (χ1v) is 7.60. The number of fused-ring (bicyclic) bond motifs is 1. The number of nitrogens with one attached hydrogen (secondary N) is 2. The van der Waals surface area contributed by atoms with Crippen molar-refractivity contribution >= 4 is 16.7 Å². The molecule has 0 aliphatic carbocycles. The zero-order valence-corrected chi connectivity index (χ0v) is 12.8. The molecule has 4 rings (SSSR count). The van der Waals surface area contributed by atoms with E-state index in [2.05, 4.69) is 34.3 Å². The molecule has 0 saturated heterocycles. The zero-order valence-electron chi connectivity index (χ0n) is 12.8. The summed E-state index contributed by atoms with van der Waals surface area (Å²) in [7, 11) is 0. The third-order valence-electron chi connectivity index (χ3n) is 3.97. The van der Waals surface area contributed by atoms with Gasteiger partial charge in [0.15, 0.2) is 0 Å². The quantitative estimate of drug-likeness (QED) is 0.576. The first kappa shape index (κ1) is 13.6. The van der Waals surface area contributed by atoms with Crippen LogP contribution < -0.4 is 5.32 Å². The third-order valence-corrected chi connectivity index (χ3v) is 3.97. The van der Waals surface area contributed by atoms with Gasteiger partial charge in [0.2, 0.25) is 0 Å². The summed E-state index contributed by atoms with van der Waals surface area (Å²) in [5.74, 6) is 1.69. The average Bonchev–Trinajstić information content (AvgIpc) is 3.23. The second-order valence-electron chi connectivity index (χ2n) is 5.60. The van der Waals surface area contributed by atoms with E-state index in [-0.39, 0.29) is 6.04 Å². The van der Waals surface area contributed by atoms with Crippen molar-refractivity contribution in [1.29, 1.82) is 0 Å². The van der Waals surface area contributed by atoms with E-state index in [1.165, 1.54) is 10.9 Å². The second-order valence-corrected chi connectivity index (χ2v) is 5.60. The Bertz CT molecular complexity index is 925. The van der Waals surface area contributed by atoms with E-state index < -0.39 is 0 Å². The van der Waals surface area contributed by atoms with Gasteiger partial charge in [0.1, 0.15) is 17.6 Å². The lowest BCUT2D eigenvalue weighted by Crippen LogP contribution is -2.12. The molecule has 1 aromatic carbocycles. The first-order chi connectivity index (χ1) is 11.3. The lowest BCUT2D eigenvalue weighted by molar-refractivity contribution is 0.499. The Morgan fingerprint density at radius 3 is 2.87 bits per heavy atom. The SMILES string of the molecule is Cc1ccnc(NC(c2ccco2)c2c[nH]c3ccccc23)c1. The number of benzene rings is 1. The van der Waals surface area contributed by atoms with Crippen LogP contribution in [0.25, 0.3) is 10.9 Å². The Hall–Kier alpha value is -3.01. The monoisotopic (exact) mass is 303 g/mol. The van der Waals surface area contributed by atoms with E-state index >= 15 is 0 Å². The van der Waals surface area contributed by atoms with Gasteiger partial charge in [-0.2, -0.15) is 0 Å². The molecule has 3 heterocycles. The fraction of sp³-hybridized carbons (Fsp3) is 0.105. The smallest absolute Gasteiger partial charge is 0.130 e. The van der Waals surface area contributed by atoms with E-state index in [4.69, 9.17) is 4.42 Å². The van der Waals surface area contributed by atoms with E-state index in [0.717, 1.165) is 22.7 Å². The van der Waals surface area contributed by atoms with Crippen LogP contribution in [0.2, 0.25) is 0 Å².